The maximum absolute atomic E-state index is 11.3. The Labute approximate surface area is 185 Å². The van der Waals surface area contributed by atoms with Crippen molar-refractivity contribution < 1.29 is 59.1 Å². The van der Waals surface area contributed by atoms with Gasteiger partial charge in [-0.15, -0.1) is 0 Å². The molecule has 13 heteroatoms. The molecule has 2 aliphatic heterocycles. The number of hydrogen-bond acceptors (Lipinski definition) is 13. The number of rotatable bonds is 6. The van der Waals surface area contributed by atoms with Gasteiger partial charge in [0, 0.05) is 17.5 Å². The molecule has 0 saturated carbocycles. The topological polar surface area (TPSA) is 209 Å². The lowest BCUT2D eigenvalue weighted by atomic mass is 9.99. The van der Waals surface area contributed by atoms with Crippen molar-refractivity contribution in [3.8, 4) is 11.5 Å². The minimum absolute atomic E-state index is 0.0946. The number of ether oxygens (including phenoxy) is 4. The molecule has 0 spiro atoms. The molecule has 1 aromatic carbocycles. The summed E-state index contributed by atoms with van der Waals surface area (Å²) in [5, 5.41) is 70.6. The quantitative estimate of drug-likeness (QED) is 0.211. The van der Waals surface area contributed by atoms with E-state index in [1.807, 2.05) is 0 Å². The fraction of sp³-hybridized carbons (Fsp3) is 0.550. The van der Waals surface area contributed by atoms with Crippen LogP contribution in [0.3, 0.4) is 0 Å². The van der Waals surface area contributed by atoms with E-state index in [2.05, 4.69) is 0 Å². The number of hydrogen-bond donors (Lipinski definition) is 7. The Morgan fingerprint density at radius 2 is 1.82 bits per heavy atom. The van der Waals surface area contributed by atoms with Gasteiger partial charge in [0.15, 0.2) is 17.8 Å². The second-order valence-corrected chi connectivity index (χ2v) is 7.96. The van der Waals surface area contributed by atoms with Crippen LogP contribution in [-0.2, 0) is 14.2 Å². The Balaban J connectivity index is 1.47. The number of fused-ring (bicyclic) bond motifs is 1. The number of benzene rings is 1. The van der Waals surface area contributed by atoms with Gasteiger partial charge < -0.3 is 59.1 Å². The number of phenols is 1. The molecule has 7 N–H and O–H groups in total. The van der Waals surface area contributed by atoms with E-state index in [9.17, 15) is 40.5 Å². The fourth-order valence-electron chi connectivity index (χ4n) is 3.58. The molecule has 4 rings (SSSR count). The van der Waals surface area contributed by atoms with Gasteiger partial charge in [0.2, 0.25) is 6.29 Å². The largest absolute Gasteiger partial charge is 0.504 e. The van der Waals surface area contributed by atoms with Crippen molar-refractivity contribution in [1.29, 1.82) is 0 Å². The first-order chi connectivity index (χ1) is 15.6. The minimum atomic E-state index is -1.91. The smallest absolute Gasteiger partial charge is 0.336 e. The summed E-state index contributed by atoms with van der Waals surface area (Å²) >= 11 is 0. The Bertz CT molecular complexity index is 1040. The van der Waals surface area contributed by atoms with E-state index < -0.39 is 79.9 Å². The van der Waals surface area contributed by atoms with Crippen molar-refractivity contribution in [2.24, 2.45) is 0 Å². The molecule has 2 aliphatic rings. The standard InChI is InChI=1S/C20H24O13/c21-6-20(28)7-30-19(17(20)27)29-5-12-14(24)15(25)16(26)18(33-12)32-11-3-8-1-2-13(23)31-10(8)4-9(11)22/h1-4,12,14-19,21-22,24-28H,5-7H2/t12-,14-,15+,16-,17+,18-,19-,20-/m1/s1. The Morgan fingerprint density at radius 3 is 2.52 bits per heavy atom. The minimum Gasteiger partial charge on any atom is -0.504 e. The molecule has 1 aromatic heterocycles. The second-order valence-electron chi connectivity index (χ2n) is 7.96. The summed E-state index contributed by atoms with van der Waals surface area (Å²) in [6.45, 7) is -1.61. The fourth-order valence-corrected chi connectivity index (χ4v) is 3.58. The predicted molar refractivity (Wildman–Crippen MR) is 105 cm³/mol. The van der Waals surface area contributed by atoms with E-state index in [1.165, 1.54) is 18.2 Å². The Kier molecular flexibility index (Phi) is 6.59. The first kappa shape index (κ1) is 23.8. The Hall–Kier alpha value is -2.33. The van der Waals surface area contributed by atoms with Gasteiger partial charge in [0.25, 0.3) is 0 Å². The van der Waals surface area contributed by atoms with Crippen molar-refractivity contribution in [3.63, 3.8) is 0 Å². The van der Waals surface area contributed by atoms with Gasteiger partial charge in [-0.05, 0) is 12.1 Å². The summed E-state index contributed by atoms with van der Waals surface area (Å²) in [4.78, 5) is 11.3. The van der Waals surface area contributed by atoms with Crippen molar-refractivity contribution in [3.05, 3.63) is 34.7 Å². The number of aliphatic hydroxyl groups is 6. The lowest BCUT2D eigenvalue weighted by molar-refractivity contribution is -0.289. The highest BCUT2D eigenvalue weighted by Gasteiger charge is 2.50. The maximum atomic E-state index is 11.3. The summed E-state index contributed by atoms with van der Waals surface area (Å²) in [5.74, 6) is -0.599. The van der Waals surface area contributed by atoms with Crippen LogP contribution in [0.5, 0.6) is 11.5 Å². The van der Waals surface area contributed by atoms with E-state index in [0.717, 1.165) is 6.07 Å². The molecular formula is C20H24O13. The summed E-state index contributed by atoms with van der Waals surface area (Å²) in [6.07, 6.45) is -10.8. The normalized spacial score (nSPS) is 36.8. The van der Waals surface area contributed by atoms with Crippen LogP contribution in [0.25, 0.3) is 11.0 Å². The molecule has 0 amide bonds. The molecule has 0 aliphatic carbocycles. The first-order valence-electron chi connectivity index (χ1n) is 10.0. The zero-order valence-corrected chi connectivity index (χ0v) is 17.1. The van der Waals surface area contributed by atoms with E-state index in [4.69, 9.17) is 23.4 Å². The highest BCUT2D eigenvalue weighted by molar-refractivity contribution is 5.80. The van der Waals surface area contributed by atoms with Crippen molar-refractivity contribution in [1.82, 2.24) is 0 Å². The molecule has 2 aromatic rings. The van der Waals surface area contributed by atoms with Crippen molar-refractivity contribution in [2.75, 3.05) is 19.8 Å². The predicted octanol–water partition coefficient (Wildman–Crippen LogP) is -2.86. The first-order valence-corrected chi connectivity index (χ1v) is 10.0. The van der Waals surface area contributed by atoms with Gasteiger partial charge in [0.05, 0.1) is 19.8 Å². The summed E-state index contributed by atoms with van der Waals surface area (Å²) < 4.78 is 26.4. The average Bonchev–Trinajstić information content (AvgIpc) is 3.08. The second kappa shape index (κ2) is 9.13. The van der Waals surface area contributed by atoms with E-state index >= 15 is 0 Å². The van der Waals surface area contributed by atoms with Crippen molar-refractivity contribution >= 4 is 11.0 Å². The summed E-state index contributed by atoms with van der Waals surface area (Å²) in [6, 6.07) is 5.06. The van der Waals surface area contributed by atoms with Crippen LogP contribution >= 0.6 is 0 Å². The molecule has 182 valence electrons. The molecule has 33 heavy (non-hydrogen) atoms. The molecule has 2 fully saturated rings. The van der Waals surface area contributed by atoms with Crippen molar-refractivity contribution in [2.45, 2.75) is 48.7 Å². The van der Waals surface area contributed by atoms with Crippen LogP contribution in [0.2, 0.25) is 0 Å². The van der Waals surface area contributed by atoms with Gasteiger partial charge >= 0.3 is 5.63 Å². The van der Waals surface area contributed by atoms with Crippen LogP contribution in [0.4, 0.5) is 0 Å². The lowest BCUT2D eigenvalue weighted by Crippen LogP contribution is -2.60. The molecular weight excluding hydrogens is 448 g/mol. The van der Waals surface area contributed by atoms with Gasteiger partial charge in [-0.3, -0.25) is 0 Å². The third kappa shape index (κ3) is 4.55. The number of aromatic hydroxyl groups is 1. The van der Waals surface area contributed by atoms with Crippen LogP contribution in [0.1, 0.15) is 0 Å². The Morgan fingerprint density at radius 1 is 1.06 bits per heavy atom. The van der Waals surface area contributed by atoms with Gasteiger partial charge in [0.1, 0.15) is 41.7 Å². The molecule has 0 bridgehead atoms. The highest BCUT2D eigenvalue weighted by atomic mass is 16.7. The van der Waals surface area contributed by atoms with E-state index in [-0.39, 0.29) is 11.3 Å². The molecule has 13 nitrogen and oxygen atoms in total. The number of aliphatic hydroxyl groups excluding tert-OH is 5. The lowest BCUT2D eigenvalue weighted by Gasteiger charge is -2.40. The molecule has 8 atom stereocenters. The molecule has 2 saturated heterocycles. The molecule has 3 heterocycles. The van der Waals surface area contributed by atoms with E-state index in [0.29, 0.717) is 5.39 Å². The summed E-state index contributed by atoms with van der Waals surface area (Å²) in [5.41, 5.74) is -2.43. The van der Waals surface area contributed by atoms with Crippen LogP contribution in [0, 0.1) is 0 Å². The average molecular weight is 472 g/mol. The third-order valence-corrected chi connectivity index (χ3v) is 5.62. The van der Waals surface area contributed by atoms with Crippen LogP contribution < -0.4 is 10.4 Å². The van der Waals surface area contributed by atoms with Crippen LogP contribution in [0.15, 0.2) is 33.5 Å². The van der Waals surface area contributed by atoms with Gasteiger partial charge in [-0.2, -0.15) is 0 Å². The zero-order valence-electron chi connectivity index (χ0n) is 17.1. The van der Waals surface area contributed by atoms with Gasteiger partial charge in [-0.1, -0.05) is 0 Å². The van der Waals surface area contributed by atoms with Gasteiger partial charge in [-0.25, -0.2) is 4.79 Å². The maximum Gasteiger partial charge on any atom is 0.336 e. The third-order valence-electron chi connectivity index (χ3n) is 5.62. The van der Waals surface area contributed by atoms with Crippen LogP contribution in [-0.4, -0.2) is 104 Å². The zero-order chi connectivity index (χ0) is 23.9. The summed E-state index contributed by atoms with van der Waals surface area (Å²) in [7, 11) is 0. The molecule has 0 radical (unpaired) electrons. The highest BCUT2D eigenvalue weighted by Crippen LogP contribution is 2.34. The monoisotopic (exact) mass is 472 g/mol. The SMILES string of the molecule is O=c1ccc2cc(O[C@@H]3O[C@H](CO[C@@H]4OC[C@](O)(CO)[C@H]4O)[C@@H](O)[C@H](O)[C@H]3O)c(O)cc2o1. The number of phenolic OH excluding ortho intramolecular Hbond substituents is 1. The molecule has 0 unspecified atom stereocenters. The van der Waals surface area contributed by atoms with E-state index in [1.54, 1.807) is 0 Å².